The first-order valence-electron chi connectivity index (χ1n) is 6.58. The van der Waals surface area contributed by atoms with Crippen LogP contribution in [0.15, 0.2) is 17.0 Å². The number of methoxy groups -OCH3 is 2. The number of sulfonamides is 1. The maximum atomic E-state index is 12.4. The molecule has 2 N–H and O–H groups in total. The van der Waals surface area contributed by atoms with Gasteiger partial charge in [0.2, 0.25) is 10.0 Å². The van der Waals surface area contributed by atoms with Gasteiger partial charge in [-0.3, -0.25) is 0 Å². The van der Waals surface area contributed by atoms with Gasteiger partial charge in [0.15, 0.2) is 0 Å². The second-order valence-electron chi connectivity index (χ2n) is 4.87. The van der Waals surface area contributed by atoms with Crippen LogP contribution in [0.2, 0.25) is 0 Å². The molecule has 0 aromatic heterocycles. The zero-order valence-corrected chi connectivity index (χ0v) is 13.7. The minimum atomic E-state index is -3.66. The van der Waals surface area contributed by atoms with E-state index in [-0.39, 0.29) is 24.2 Å². The van der Waals surface area contributed by atoms with Crippen molar-refractivity contribution in [1.29, 1.82) is 0 Å². The van der Waals surface area contributed by atoms with Gasteiger partial charge in [0.05, 0.1) is 24.2 Å². The molecule has 0 aliphatic heterocycles. The number of rotatable bonds is 8. The van der Waals surface area contributed by atoms with Crippen LogP contribution in [-0.2, 0) is 26.1 Å². The van der Waals surface area contributed by atoms with Crippen LogP contribution in [0.1, 0.15) is 16.7 Å². The molecule has 6 nitrogen and oxygen atoms in total. The van der Waals surface area contributed by atoms with Gasteiger partial charge in [-0.1, -0.05) is 6.07 Å². The van der Waals surface area contributed by atoms with Crippen LogP contribution in [0, 0.1) is 13.8 Å². The summed E-state index contributed by atoms with van der Waals surface area (Å²) in [6, 6.07) is 3.26. The second kappa shape index (κ2) is 7.86. The molecule has 120 valence electrons. The van der Waals surface area contributed by atoms with Crippen LogP contribution in [0.5, 0.6) is 0 Å². The zero-order valence-electron chi connectivity index (χ0n) is 12.8. The average molecular weight is 317 g/mol. The van der Waals surface area contributed by atoms with E-state index < -0.39 is 10.0 Å². The van der Waals surface area contributed by atoms with E-state index in [4.69, 9.17) is 9.47 Å². The lowest BCUT2D eigenvalue weighted by atomic mass is 10.1. The number of benzene rings is 1. The Bertz CT molecular complexity index is 571. The van der Waals surface area contributed by atoms with Crippen molar-refractivity contribution in [2.45, 2.75) is 31.5 Å². The number of aryl methyl sites for hydroxylation is 2. The normalized spacial score (nSPS) is 13.4. The quantitative estimate of drug-likeness (QED) is 0.738. The largest absolute Gasteiger partial charge is 0.392 e. The third-order valence-electron chi connectivity index (χ3n) is 3.28. The number of hydrogen-bond donors (Lipinski definition) is 2. The standard InChI is InChI=1S/C14H23NO5S/c1-10-5-11(2)14(6-12(10)8-16)21(17,18)15-7-13(20-4)9-19-3/h5-6,13,15-16H,7-9H2,1-4H3. The first-order chi connectivity index (χ1) is 9.85. The Morgan fingerprint density at radius 2 is 1.90 bits per heavy atom. The summed E-state index contributed by atoms with van der Waals surface area (Å²) >= 11 is 0. The monoisotopic (exact) mass is 317 g/mol. The van der Waals surface area contributed by atoms with E-state index >= 15 is 0 Å². The fourth-order valence-corrected chi connectivity index (χ4v) is 3.35. The van der Waals surface area contributed by atoms with Crippen LogP contribution < -0.4 is 4.72 Å². The maximum Gasteiger partial charge on any atom is 0.240 e. The molecule has 1 aromatic rings. The van der Waals surface area contributed by atoms with Crippen molar-refractivity contribution in [3.63, 3.8) is 0 Å². The summed E-state index contributed by atoms with van der Waals surface area (Å²) < 4.78 is 37.3. The highest BCUT2D eigenvalue weighted by Gasteiger charge is 2.20. The van der Waals surface area contributed by atoms with Crippen molar-refractivity contribution in [3.8, 4) is 0 Å². The van der Waals surface area contributed by atoms with Crippen molar-refractivity contribution in [3.05, 3.63) is 28.8 Å². The lowest BCUT2D eigenvalue weighted by molar-refractivity contribution is 0.0320. The van der Waals surface area contributed by atoms with E-state index in [1.54, 1.807) is 13.0 Å². The molecular formula is C14H23NO5S. The summed E-state index contributed by atoms with van der Waals surface area (Å²) in [5, 5.41) is 9.27. The number of aliphatic hydroxyl groups excluding tert-OH is 1. The minimum absolute atomic E-state index is 0.119. The Kier molecular flexibility index (Phi) is 6.76. The van der Waals surface area contributed by atoms with E-state index in [0.717, 1.165) is 5.56 Å². The van der Waals surface area contributed by atoms with Crippen molar-refractivity contribution < 1.29 is 23.0 Å². The predicted molar refractivity (Wildman–Crippen MR) is 79.7 cm³/mol. The number of nitrogens with one attached hydrogen (secondary N) is 1. The van der Waals surface area contributed by atoms with Crippen molar-refractivity contribution >= 4 is 10.0 Å². The molecule has 21 heavy (non-hydrogen) atoms. The molecule has 0 heterocycles. The number of aliphatic hydroxyl groups is 1. The van der Waals surface area contributed by atoms with Crippen LogP contribution in [0.25, 0.3) is 0 Å². The first kappa shape index (κ1) is 18.1. The Hall–Kier alpha value is -0.990. The highest BCUT2D eigenvalue weighted by molar-refractivity contribution is 7.89. The summed E-state index contributed by atoms with van der Waals surface area (Å²) in [7, 11) is -0.635. The molecule has 0 aliphatic carbocycles. The minimum Gasteiger partial charge on any atom is -0.392 e. The van der Waals surface area contributed by atoms with Gasteiger partial charge < -0.3 is 14.6 Å². The van der Waals surface area contributed by atoms with Crippen molar-refractivity contribution in [1.82, 2.24) is 4.72 Å². The fraction of sp³-hybridized carbons (Fsp3) is 0.571. The Morgan fingerprint density at radius 3 is 2.43 bits per heavy atom. The molecule has 0 bridgehead atoms. The van der Waals surface area contributed by atoms with E-state index in [1.807, 2.05) is 6.92 Å². The van der Waals surface area contributed by atoms with Gasteiger partial charge in [-0.05, 0) is 36.6 Å². The fourth-order valence-electron chi connectivity index (χ4n) is 2.01. The van der Waals surface area contributed by atoms with Gasteiger partial charge in [0.1, 0.15) is 0 Å². The van der Waals surface area contributed by atoms with E-state index in [0.29, 0.717) is 17.7 Å². The van der Waals surface area contributed by atoms with Gasteiger partial charge >= 0.3 is 0 Å². The highest BCUT2D eigenvalue weighted by Crippen LogP contribution is 2.20. The van der Waals surface area contributed by atoms with E-state index in [1.165, 1.54) is 20.3 Å². The topological polar surface area (TPSA) is 84.9 Å². The van der Waals surface area contributed by atoms with Gasteiger partial charge in [-0.25, -0.2) is 13.1 Å². The smallest absolute Gasteiger partial charge is 0.240 e. The molecule has 1 aromatic carbocycles. The zero-order chi connectivity index (χ0) is 16.0. The summed E-state index contributed by atoms with van der Waals surface area (Å²) in [5.74, 6) is 0. The number of ether oxygens (including phenoxy) is 2. The second-order valence-corrected chi connectivity index (χ2v) is 6.60. The van der Waals surface area contributed by atoms with Crippen LogP contribution in [-0.4, -0.2) is 47.0 Å². The molecule has 0 fully saturated rings. The molecule has 0 amide bonds. The van der Waals surface area contributed by atoms with Gasteiger partial charge in [-0.2, -0.15) is 0 Å². The summed E-state index contributed by atoms with van der Waals surface area (Å²) in [6.45, 7) is 3.79. The molecule has 1 rings (SSSR count). The predicted octanol–water partition coefficient (Wildman–Crippen LogP) is 0.735. The first-order valence-corrected chi connectivity index (χ1v) is 8.06. The van der Waals surface area contributed by atoms with Gasteiger partial charge in [0.25, 0.3) is 0 Å². The van der Waals surface area contributed by atoms with Gasteiger partial charge in [-0.15, -0.1) is 0 Å². The van der Waals surface area contributed by atoms with Crippen molar-refractivity contribution in [2.24, 2.45) is 0 Å². The van der Waals surface area contributed by atoms with E-state index in [9.17, 15) is 13.5 Å². The maximum absolute atomic E-state index is 12.4. The van der Waals surface area contributed by atoms with Crippen LogP contribution in [0.4, 0.5) is 0 Å². The molecule has 7 heteroatoms. The van der Waals surface area contributed by atoms with Crippen LogP contribution in [0.3, 0.4) is 0 Å². The molecule has 0 radical (unpaired) electrons. The highest BCUT2D eigenvalue weighted by atomic mass is 32.2. The summed E-state index contributed by atoms with van der Waals surface area (Å²) in [6.07, 6.45) is -0.354. The Balaban J connectivity index is 2.97. The molecular weight excluding hydrogens is 294 g/mol. The third kappa shape index (κ3) is 4.76. The molecule has 0 saturated heterocycles. The summed E-state index contributed by atoms with van der Waals surface area (Å²) in [4.78, 5) is 0.171. The Morgan fingerprint density at radius 1 is 1.24 bits per heavy atom. The van der Waals surface area contributed by atoms with E-state index in [2.05, 4.69) is 4.72 Å². The average Bonchev–Trinajstić information content (AvgIpc) is 2.43. The molecule has 0 spiro atoms. The number of hydrogen-bond acceptors (Lipinski definition) is 5. The van der Waals surface area contributed by atoms with Gasteiger partial charge in [0, 0.05) is 20.8 Å². The SMILES string of the molecule is COCC(CNS(=O)(=O)c1cc(CO)c(C)cc1C)OC. The molecule has 1 atom stereocenters. The Labute approximate surface area is 126 Å². The molecule has 0 aliphatic rings. The molecule has 1 unspecified atom stereocenters. The summed E-state index contributed by atoms with van der Waals surface area (Å²) in [5.41, 5.74) is 2.10. The van der Waals surface area contributed by atoms with Crippen molar-refractivity contribution in [2.75, 3.05) is 27.4 Å². The van der Waals surface area contributed by atoms with Crippen LogP contribution >= 0.6 is 0 Å². The third-order valence-corrected chi connectivity index (χ3v) is 4.85. The lowest BCUT2D eigenvalue weighted by Crippen LogP contribution is -2.35. The lowest BCUT2D eigenvalue weighted by Gasteiger charge is -2.17. The molecule has 0 saturated carbocycles.